The zero-order valence-corrected chi connectivity index (χ0v) is 17.7. The monoisotopic (exact) mass is 402 g/mol. The number of carbonyl (C=O) groups is 1. The maximum atomic E-state index is 12.7. The van der Waals surface area contributed by atoms with Crippen molar-refractivity contribution >= 4 is 24.0 Å². The maximum absolute atomic E-state index is 12.7. The summed E-state index contributed by atoms with van der Waals surface area (Å²) in [6.45, 7) is 5.33. The predicted octanol–water partition coefficient (Wildman–Crippen LogP) is 4.10. The van der Waals surface area contributed by atoms with Crippen LogP contribution in [-0.2, 0) is 16.0 Å². The summed E-state index contributed by atoms with van der Waals surface area (Å²) in [5.41, 5.74) is 3.56. The molecule has 1 saturated heterocycles. The van der Waals surface area contributed by atoms with Gasteiger partial charge in [0, 0.05) is 38.5 Å². The van der Waals surface area contributed by atoms with Gasteiger partial charge in [-0.05, 0) is 43.9 Å². The van der Waals surface area contributed by atoms with Crippen molar-refractivity contribution in [3.8, 4) is 0 Å². The first kappa shape index (κ1) is 22.4. The summed E-state index contributed by atoms with van der Waals surface area (Å²) < 4.78 is 5.13. The highest BCUT2D eigenvalue weighted by molar-refractivity contribution is 5.94. The number of hydrogen-bond donors (Lipinski definition) is 0. The second-order valence-corrected chi connectivity index (χ2v) is 7.34. The molecule has 1 heterocycles. The van der Waals surface area contributed by atoms with E-state index in [1.165, 1.54) is 11.1 Å². The average Bonchev–Trinajstić information content (AvgIpc) is 2.70. The topological polar surface area (TPSA) is 32.8 Å². The first-order valence-corrected chi connectivity index (χ1v) is 9.81. The van der Waals surface area contributed by atoms with E-state index in [1.807, 2.05) is 17.0 Å². The Balaban J connectivity index is 0.00000280. The minimum atomic E-state index is 0. The predicted molar refractivity (Wildman–Crippen MR) is 117 cm³/mol. The van der Waals surface area contributed by atoms with Crippen LogP contribution in [0.2, 0.25) is 0 Å². The molecule has 152 valence electrons. The summed E-state index contributed by atoms with van der Waals surface area (Å²) in [7, 11) is 1.58. The fourth-order valence-electron chi connectivity index (χ4n) is 3.79. The Labute approximate surface area is 174 Å². The SMILES string of the molecule is COCC(=O)N(c1ccc(C)cc1)C1CCN(CCc2ccccc2)CC1.Cl. The van der Waals surface area contributed by atoms with Gasteiger partial charge in [-0.25, -0.2) is 0 Å². The molecule has 2 aromatic rings. The molecule has 0 atom stereocenters. The molecule has 0 unspecified atom stereocenters. The minimum Gasteiger partial charge on any atom is -0.375 e. The third-order valence-corrected chi connectivity index (χ3v) is 5.33. The normalized spacial score (nSPS) is 15.1. The van der Waals surface area contributed by atoms with E-state index < -0.39 is 0 Å². The molecule has 1 aliphatic rings. The van der Waals surface area contributed by atoms with Crippen LogP contribution in [0.3, 0.4) is 0 Å². The van der Waals surface area contributed by atoms with Crippen molar-refractivity contribution in [1.29, 1.82) is 0 Å². The summed E-state index contributed by atoms with van der Waals surface area (Å²) in [5.74, 6) is 0.0455. The molecule has 4 nitrogen and oxygen atoms in total. The van der Waals surface area contributed by atoms with Crippen molar-refractivity contribution in [2.75, 3.05) is 38.3 Å². The van der Waals surface area contributed by atoms with Crippen LogP contribution in [-0.4, -0.2) is 50.2 Å². The molecular weight excluding hydrogens is 372 g/mol. The van der Waals surface area contributed by atoms with Crippen LogP contribution in [0, 0.1) is 6.92 Å². The highest BCUT2D eigenvalue weighted by Gasteiger charge is 2.28. The third-order valence-electron chi connectivity index (χ3n) is 5.33. The van der Waals surface area contributed by atoms with Gasteiger partial charge >= 0.3 is 0 Å². The summed E-state index contributed by atoms with van der Waals surface area (Å²) in [5, 5.41) is 0. The lowest BCUT2D eigenvalue weighted by Gasteiger charge is -2.38. The number of methoxy groups -OCH3 is 1. The fraction of sp³-hybridized carbons (Fsp3) is 0.435. The second kappa shape index (κ2) is 11.2. The first-order valence-electron chi connectivity index (χ1n) is 9.81. The van der Waals surface area contributed by atoms with Crippen molar-refractivity contribution in [3.05, 3.63) is 65.7 Å². The quantitative estimate of drug-likeness (QED) is 0.698. The number of halogens is 1. The van der Waals surface area contributed by atoms with Crippen molar-refractivity contribution in [2.24, 2.45) is 0 Å². The van der Waals surface area contributed by atoms with E-state index in [-0.39, 0.29) is 31.0 Å². The number of hydrogen-bond acceptors (Lipinski definition) is 3. The third kappa shape index (κ3) is 6.06. The molecule has 0 radical (unpaired) electrons. The van der Waals surface area contributed by atoms with Gasteiger partial charge in [-0.3, -0.25) is 4.79 Å². The standard InChI is InChI=1S/C23H30N2O2.ClH/c1-19-8-10-21(11-9-19)25(23(26)18-27-2)22-13-16-24(17-14-22)15-12-20-6-4-3-5-7-20;/h3-11,22H,12-18H2,1-2H3;1H. The van der Waals surface area contributed by atoms with Crippen LogP contribution in [0.5, 0.6) is 0 Å². The van der Waals surface area contributed by atoms with E-state index >= 15 is 0 Å². The molecule has 28 heavy (non-hydrogen) atoms. The number of aryl methyl sites for hydroxylation is 1. The fourth-order valence-corrected chi connectivity index (χ4v) is 3.79. The van der Waals surface area contributed by atoms with Crippen LogP contribution >= 0.6 is 12.4 Å². The maximum Gasteiger partial charge on any atom is 0.253 e. The molecule has 0 spiro atoms. The molecule has 1 aliphatic heterocycles. The molecule has 0 aliphatic carbocycles. The summed E-state index contributed by atoms with van der Waals surface area (Å²) in [4.78, 5) is 17.2. The van der Waals surface area contributed by atoms with Crippen LogP contribution in [0.4, 0.5) is 5.69 Å². The minimum absolute atomic E-state index is 0. The van der Waals surface area contributed by atoms with Gasteiger partial charge in [0.15, 0.2) is 0 Å². The molecule has 1 fully saturated rings. The van der Waals surface area contributed by atoms with Gasteiger partial charge < -0.3 is 14.5 Å². The summed E-state index contributed by atoms with van der Waals surface area (Å²) >= 11 is 0. The van der Waals surface area contributed by atoms with Crippen LogP contribution in [0.1, 0.15) is 24.0 Å². The highest BCUT2D eigenvalue weighted by atomic mass is 35.5. The van der Waals surface area contributed by atoms with Gasteiger partial charge in [0.25, 0.3) is 5.91 Å². The molecule has 0 aromatic heterocycles. The van der Waals surface area contributed by atoms with Gasteiger partial charge in [-0.15, -0.1) is 12.4 Å². The van der Waals surface area contributed by atoms with Crippen LogP contribution in [0.15, 0.2) is 54.6 Å². The molecule has 1 amide bonds. The number of benzene rings is 2. The van der Waals surface area contributed by atoms with E-state index in [2.05, 4.69) is 54.3 Å². The smallest absolute Gasteiger partial charge is 0.253 e. The van der Waals surface area contributed by atoms with E-state index in [9.17, 15) is 4.79 Å². The largest absolute Gasteiger partial charge is 0.375 e. The second-order valence-electron chi connectivity index (χ2n) is 7.34. The van der Waals surface area contributed by atoms with Gasteiger partial charge in [0.1, 0.15) is 6.61 Å². The van der Waals surface area contributed by atoms with E-state index in [0.29, 0.717) is 0 Å². The molecule has 2 aromatic carbocycles. The van der Waals surface area contributed by atoms with Gasteiger partial charge in [-0.2, -0.15) is 0 Å². The number of likely N-dealkylation sites (tertiary alicyclic amines) is 1. The molecule has 3 rings (SSSR count). The number of rotatable bonds is 7. The average molecular weight is 403 g/mol. The number of amides is 1. The number of nitrogens with zero attached hydrogens (tertiary/aromatic N) is 2. The van der Waals surface area contributed by atoms with Crippen molar-refractivity contribution in [2.45, 2.75) is 32.2 Å². The van der Waals surface area contributed by atoms with Crippen molar-refractivity contribution in [3.63, 3.8) is 0 Å². The lowest BCUT2D eigenvalue weighted by Crippen LogP contribution is -2.49. The Morgan fingerprint density at radius 2 is 1.71 bits per heavy atom. The highest BCUT2D eigenvalue weighted by Crippen LogP contribution is 2.24. The Hall–Kier alpha value is -1.88. The summed E-state index contributed by atoms with van der Waals surface area (Å²) in [6, 6.07) is 19.1. The zero-order chi connectivity index (χ0) is 19.1. The number of anilines is 1. The zero-order valence-electron chi connectivity index (χ0n) is 16.8. The first-order chi connectivity index (χ1) is 13.2. The van der Waals surface area contributed by atoms with Gasteiger partial charge in [0.2, 0.25) is 0 Å². The van der Waals surface area contributed by atoms with Crippen LogP contribution < -0.4 is 4.90 Å². The Morgan fingerprint density at radius 3 is 2.32 bits per heavy atom. The van der Waals surface area contributed by atoms with E-state index in [1.54, 1.807) is 7.11 Å². The lowest BCUT2D eigenvalue weighted by molar-refractivity contribution is -0.122. The number of ether oxygens (including phenoxy) is 1. The lowest BCUT2D eigenvalue weighted by atomic mass is 10.0. The Morgan fingerprint density at radius 1 is 1.07 bits per heavy atom. The Kier molecular flexibility index (Phi) is 8.97. The number of carbonyl (C=O) groups excluding carboxylic acids is 1. The van der Waals surface area contributed by atoms with Gasteiger partial charge in [-0.1, -0.05) is 48.0 Å². The van der Waals surface area contributed by atoms with Gasteiger partial charge in [0.05, 0.1) is 0 Å². The molecule has 0 bridgehead atoms. The molecular formula is C23H31ClN2O2. The number of piperidine rings is 1. The molecule has 5 heteroatoms. The van der Waals surface area contributed by atoms with Crippen molar-refractivity contribution < 1.29 is 9.53 Å². The summed E-state index contributed by atoms with van der Waals surface area (Å²) in [6.07, 6.45) is 3.08. The van der Waals surface area contributed by atoms with E-state index in [0.717, 1.165) is 44.6 Å². The molecule has 0 N–H and O–H groups in total. The van der Waals surface area contributed by atoms with Crippen LogP contribution in [0.25, 0.3) is 0 Å². The van der Waals surface area contributed by atoms with E-state index in [4.69, 9.17) is 4.74 Å². The van der Waals surface area contributed by atoms with Crippen molar-refractivity contribution in [1.82, 2.24) is 4.90 Å². The molecule has 0 saturated carbocycles. The Bertz CT molecular complexity index is 713.